The van der Waals surface area contributed by atoms with Crippen LogP contribution in [0.5, 0.6) is 0 Å². The molecule has 0 aliphatic heterocycles. The second-order valence-corrected chi connectivity index (χ2v) is 3.25. The molecule has 0 aromatic heterocycles. The Labute approximate surface area is 94.7 Å². The first-order valence-electron chi connectivity index (χ1n) is 4.39. The molecule has 0 saturated heterocycles. The number of carbonyl (C=O) groups is 1. The molecule has 0 aliphatic carbocycles. The van der Waals surface area contributed by atoms with E-state index in [2.05, 4.69) is 5.32 Å². The van der Waals surface area contributed by atoms with Gasteiger partial charge in [0.25, 0.3) is 0 Å². The van der Waals surface area contributed by atoms with Gasteiger partial charge in [0.15, 0.2) is 0 Å². The molecule has 0 atom stereocenters. The summed E-state index contributed by atoms with van der Waals surface area (Å²) < 4.78 is 0. The van der Waals surface area contributed by atoms with Gasteiger partial charge in [0.05, 0.1) is 10.6 Å². The quantitative estimate of drug-likeness (QED) is 0.592. The number of allylic oxidation sites excluding steroid dienone is 5. The number of nitrogens with zero attached hydrogens (tertiary/aromatic N) is 1. The largest absolute Gasteiger partial charge is 0.333 e. The van der Waals surface area contributed by atoms with Gasteiger partial charge >= 0.3 is 0 Å². The molecule has 0 radical (unpaired) electrons. The molecule has 0 heterocycles. The molecule has 0 aliphatic rings. The monoisotopic (exact) mass is 224 g/mol. The molecule has 0 fully saturated rings. The van der Waals surface area contributed by atoms with Crippen molar-refractivity contribution < 1.29 is 4.79 Å². The standard InChI is InChI=1S/C11H13ClN2O/c1-4-5-10(6-13)11(12)8(2)7-14-9(3)15/h4-5,7H,1-3H3,(H,14,15)/b5-4-,8-7+,11-10-. The summed E-state index contributed by atoms with van der Waals surface area (Å²) in [6.45, 7) is 4.92. The molecule has 1 N–H and O–H groups in total. The highest BCUT2D eigenvalue weighted by atomic mass is 35.5. The van der Waals surface area contributed by atoms with Gasteiger partial charge in [-0.25, -0.2) is 0 Å². The highest BCUT2D eigenvalue weighted by Gasteiger charge is 2.02. The van der Waals surface area contributed by atoms with E-state index in [1.54, 1.807) is 26.0 Å². The zero-order valence-corrected chi connectivity index (χ0v) is 9.72. The van der Waals surface area contributed by atoms with E-state index in [0.717, 1.165) is 0 Å². The second kappa shape index (κ2) is 6.86. The van der Waals surface area contributed by atoms with E-state index in [1.807, 2.05) is 6.07 Å². The van der Waals surface area contributed by atoms with E-state index in [9.17, 15) is 4.79 Å². The van der Waals surface area contributed by atoms with Crippen molar-refractivity contribution >= 4 is 17.5 Å². The molecule has 0 spiro atoms. The van der Waals surface area contributed by atoms with E-state index in [0.29, 0.717) is 16.2 Å². The highest BCUT2D eigenvalue weighted by Crippen LogP contribution is 2.18. The lowest BCUT2D eigenvalue weighted by Crippen LogP contribution is -2.12. The first-order valence-corrected chi connectivity index (χ1v) is 4.77. The predicted molar refractivity (Wildman–Crippen MR) is 60.9 cm³/mol. The van der Waals surface area contributed by atoms with Crippen LogP contribution in [0.25, 0.3) is 0 Å². The molecule has 0 bridgehead atoms. The first-order chi connectivity index (χ1) is 7.02. The van der Waals surface area contributed by atoms with Crippen molar-refractivity contribution in [2.75, 3.05) is 0 Å². The van der Waals surface area contributed by atoms with Crippen molar-refractivity contribution in [2.24, 2.45) is 0 Å². The lowest BCUT2D eigenvalue weighted by Gasteiger charge is -2.01. The van der Waals surface area contributed by atoms with Crippen LogP contribution < -0.4 is 5.32 Å². The molecule has 0 saturated carbocycles. The smallest absolute Gasteiger partial charge is 0.220 e. The second-order valence-electron chi connectivity index (χ2n) is 2.87. The Bertz CT molecular complexity index is 373. The summed E-state index contributed by atoms with van der Waals surface area (Å²) in [6.07, 6.45) is 4.82. The Morgan fingerprint density at radius 1 is 1.47 bits per heavy atom. The van der Waals surface area contributed by atoms with Crippen LogP contribution in [-0.4, -0.2) is 5.91 Å². The van der Waals surface area contributed by atoms with Gasteiger partial charge in [0.1, 0.15) is 6.07 Å². The minimum absolute atomic E-state index is 0.177. The molecule has 80 valence electrons. The van der Waals surface area contributed by atoms with Gasteiger partial charge in [-0.05, 0) is 25.5 Å². The summed E-state index contributed by atoms with van der Waals surface area (Å²) in [5.74, 6) is -0.177. The highest BCUT2D eigenvalue weighted by molar-refractivity contribution is 6.32. The van der Waals surface area contributed by atoms with Gasteiger partial charge in [-0.3, -0.25) is 4.79 Å². The molecule has 0 aromatic rings. The maximum absolute atomic E-state index is 10.6. The summed E-state index contributed by atoms with van der Waals surface area (Å²) in [6, 6.07) is 1.98. The average molecular weight is 225 g/mol. The maximum Gasteiger partial charge on any atom is 0.220 e. The Hall–Kier alpha value is -1.53. The zero-order chi connectivity index (χ0) is 11.8. The van der Waals surface area contributed by atoms with Gasteiger partial charge in [-0.1, -0.05) is 17.7 Å². The third kappa shape index (κ3) is 5.04. The Morgan fingerprint density at radius 2 is 2.07 bits per heavy atom. The Morgan fingerprint density at radius 3 is 2.47 bits per heavy atom. The van der Waals surface area contributed by atoms with Crippen molar-refractivity contribution in [3.8, 4) is 6.07 Å². The first kappa shape index (κ1) is 13.5. The third-order valence-electron chi connectivity index (χ3n) is 1.53. The fourth-order valence-corrected chi connectivity index (χ4v) is 0.972. The van der Waals surface area contributed by atoms with Crippen molar-refractivity contribution in [1.82, 2.24) is 5.32 Å². The molecular weight excluding hydrogens is 212 g/mol. The summed E-state index contributed by atoms with van der Waals surface area (Å²) >= 11 is 5.95. The van der Waals surface area contributed by atoms with Crippen molar-refractivity contribution in [1.29, 1.82) is 5.26 Å². The molecule has 15 heavy (non-hydrogen) atoms. The number of carbonyl (C=O) groups excluding carboxylic acids is 1. The van der Waals surface area contributed by atoms with E-state index < -0.39 is 0 Å². The number of rotatable bonds is 3. The SMILES string of the molecule is C\C=C/C(C#N)=C(Cl)\C(C)=C\NC(C)=O. The van der Waals surface area contributed by atoms with Crippen LogP contribution in [0.1, 0.15) is 20.8 Å². The Kier molecular flexibility index (Phi) is 6.16. The summed E-state index contributed by atoms with van der Waals surface area (Å²) in [7, 11) is 0. The minimum Gasteiger partial charge on any atom is -0.333 e. The van der Waals surface area contributed by atoms with E-state index >= 15 is 0 Å². The van der Waals surface area contributed by atoms with Crippen molar-refractivity contribution in [3.05, 3.63) is 34.5 Å². The van der Waals surface area contributed by atoms with Crippen molar-refractivity contribution in [3.63, 3.8) is 0 Å². The predicted octanol–water partition coefficient (Wildman–Crippen LogP) is 2.62. The van der Waals surface area contributed by atoms with Gasteiger partial charge < -0.3 is 5.32 Å². The van der Waals surface area contributed by atoms with Crippen LogP contribution in [0, 0.1) is 11.3 Å². The van der Waals surface area contributed by atoms with Crippen LogP contribution in [-0.2, 0) is 4.79 Å². The van der Waals surface area contributed by atoms with E-state index in [1.165, 1.54) is 13.1 Å². The van der Waals surface area contributed by atoms with E-state index in [4.69, 9.17) is 16.9 Å². The Balaban J connectivity index is 4.97. The lowest BCUT2D eigenvalue weighted by molar-refractivity contribution is -0.118. The van der Waals surface area contributed by atoms with Crippen LogP contribution >= 0.6 is 11.6 Å². The molecule has 4 heteroatoms. The normalized spacial score (nSPS) is 13.4. The summed E-state index contributed by atoms with van der Waals surface area (Å²) in [5.41, 5.74) is 1.01. The fraction of sp³-hybridized carbons (Fsp3) is 0.273. The van der Waals surface area contributed by atoms with Gasteiger partial charge in [-0.2, -0.15) is 5.26 Å². The zero-order valence-electron chi connectivity index (χ0n) is 8.97. The average Bonchev–Trinajstić information content (AvgIpc) is 2.21. The molecule has 3 nitrogen and oxygen atoms in total. The van der Waals surface area contributed by atoms with Crippen molar-refractivity contribution in [2.45, 2.75) is 20.8 Å². The fourth-order valence-electron chi connectivity index (χ4n) is 0.812. The summed E-state index contributed by atoms with van der Waals surface area (Å²) in [4.78, 5) is 10.6. The number of hydrogen-bond donors (Lipinski definition) is 1. The van der Waals surface area contributed by atoms with Crippen LogP contribution in [0.15, 0.2) is 34.5 Å². The third-order valence-corrected chi connectivity index (χ3v) is 2.03. The van der Waals surface area contributed by atoms with Crippen LogP contribution in [0.4, 0.5) is 0 Å². The number of nitriles is 1. The number of nitrogens with one attached hydrogen (secondary N) is 1. The van der Waals surface area contributed by atoms with Gasteiger partial charge in [-0.15, -0.1) is 0 Å². The maximum atomic E-state index is 10.6. The van der Waals surface area contributed by atoms with Crippen LogP contribution in [0.2, 0.25) is 0 Å². The topological polar surface area (TPSA) is 52.9 Å². The molecule has 0 aromatic carbocycles. The van der Waals surface area contributed by atoms with Crippen LogP contribution in [0.3, 0.4) is 0 Å². The number of halogens is 1. The minimum atomic E-state index is -0.177. The molecular formula is C11H13ClN2O. The molecule has 0 rings (SSSR count). The number of hydrogen-bond acceptors (Lipinski definition) is 2. The lowest BCUT2D eigenvalue weighted by atomic mass is 10.2. The molecule has 1 amide bonds. The van der Waals surface area contributed by atoms with E-state index in [-0.39, 0.29) is 5.91 Å². The molecule has 0 unspecified atom stereocenters. The van der Waals surface area contributed by atoms with Gasteiger partial charge in [0.2, 0.25) is 5.91 Å². The van der Waals surface area contributed by atoms with Gasteiger partial charge in [0, 0.05) is 13.1 Å². The number of amides is 1. The summed E-state index contributed by atoms with van der Waals surface area (Å²) in [5, 5.41) is 11.6.